The van der Waals surface area contributed by atoms with Crippen LogP contribution in [0.5, 0.6) is 0 Å². The first-order valence-electron chi connectivity index (χ1n) is 5.57. The molecule has 0 radical (unpaired) electrons. The maximum Gasteiger partial charge on any atom is 0.265 e. The predicted molar refractivity (Wildman–Crippen MR) is 75.5 cm³/mol. The Labute approximate surface area is 120 Å². The molecule has 1 fully saturated rings. The van der Waals surface area contributed by atoms with E-state index in [1.807, 2.05) is 12.1 Å². The summed E-state index contributed by atoms with van der Waals surface area (Å²) in [4.78, 5) is 23.4. The fraction of sp³-hybridized carbons (Fsp3) is 0.250. The summed E-state index contributed by atoms with van der Waals surface area (Å²) in [5, 5.41) is 0. The molecule has 2 heterocycles. The summed E-state index contributed by atoms with van der Waals surface area (Å²) < 4.78 is 1.36. The Morgan fingerprint density at radius 1 is 1.33 bits per heavy atom. The second-order valence-electron chi connectivity index (χ2n) is 4.22. The van der Waals surface area contributed by atoms with Gasteiger partial charge in [-0.3, -0.25) is 9.78 Å². The molecule has 6 heteroatoms. The average molecular weight is 371 g/mol. The molecule has 0 spiro atoms. The SMILES string of the molecule is O=c1[nH]c(-c2ncccc2Br)nc(C2CC2)c1Br. The van der Waals surface area contributed by atoms with Gasteiger partial charge in [0.05, 0.1) is 5.69 Å². The van der Waals surface area contributed by atoms with Crippen LogP contribution in [0.2, 0.25) is 0 Å². The molecule has 0 saturated heterocycles. The van der Waals surface area contributed by atoms with Gasteiger partial charge in [0.1, 0.15) is 10.2 Å². The minimum Gasteiger partial charge on any atom is -0.304 e. The number of aromatic nitrogens is 3. The van der Waals surface area contributed by atoms with Crippen molar-refractivity contribution in [1.82, 2.24) is 15.0 Å². The molecule has 0 aliphatic heterocycles. The van der Waals surface area contributed by atoms with Gasteiger partial charge in [0.2, 0.25) is 0 Å². The van der Waals surface area contributed by atoms with E-state index < -0.39 is 0 Å². The molecule has 2 aromatic heterocycles. The number of hydrogen-bond acceptors (Lipinski definition) is 3. The lowest BCUT2D eigenvalue weighted by Crippen LogP contribution is -2.13. The quantitative estimate of drug-likeness (QED) is 0.882. The Morgan fingerprint density at radius 3 is 2.78 bits per heavy atom. The molecule has 1 aliphatic carbocycles. The molecule has 0 bridgehead atoms. The molecule has 1 aliphatic rings. The first-order chi connectivity index (χ1) is 8.66. The summed E-state index contributed by atoms with van der Waals surface area (Å²) in [6.45, 7) is 0. The van der Waals surface area contributed by atoms with Gasteiger partial charge < -0.3 is 4.98 Å². The number of rotatable bonds is 2. The van der Waals surface area contributed by atoms with Gasteiger partial charge in [0, 0.05) is 16.6 Å². The summed E-state index contributed by atoms with van der Waals surface area (Å²) in [5.41, 5.74) is 1.34. The van der Waals surface area contributed by atoms with Crippen molar-refractivity contribution in [3.05, 3.63) is 43.3 Å². The molecule has 18 heavy (non-hydrogen) atoms. The highest BCUT2D eigenvalue weighted by molar-refractivity contribution is 9.10. The number of nitrogens with zero attached hydrogens (tertiary/aromatic N) is 2. The summed E-state index contributed by atoms with van der Waals surface area (Å²) in [6.07, 6.45) is 3.87. The molecule has 0 amide bonds. The second kappa shape index (κ2) is 4.59. The van der Waals surface area contributed by atoms with Gasteiger partial charge in [-0.1, -0.05) is 0 Å². The van der Waals surface area contributed by atoms with E-state index in [2.05, 4.69) is 46.8 Å². The predicted octanol–water partition coefficient (Wildman–Crippen LogP) is 3.23. The number of halogens is 2. The van der Waals surface area contributed by atoms with Crippen LogP contribution >= 0.6 is 31.9 Å². The molecular formula is C12H9Br2N3O. The Balaban J connectivity index is 2.19. The number of hydrogen-bond donors (Lipinski definition) is 1. The Bertz CT molecular complexity index is 665. The van der Waals surface area contributed by atoms with E-state index in [4.69, 9.17) is 0 Å². The Hall–Kier alpha value is -1.01. The number of pyridine rings is 1. The normalized spacial score (nSPS) is 14.8. The van der Waals surface area contributed by atoms with Crippen LogP contribution in [-0.2, 0) is 0 Å². The van der Waals surface area contributed by atoms with Crippen LogP contribution in [0.1, 0.15) is 24.5 Å². The van der Waals surface area contributed by atoms with Crippen LogP contribution < -0.4 is 5.56 Å². The molecule has 1 N–H and O–H groups in total. The molecule has 2 aromatic rings. The maximum atomic E-state index is 11.9. The second-order valence-corrected chi connectivity index (χ2v) is 5.87. The molecular weight excluding hydrogens is 362 g/mol. The van der Waals surface area contributed by atoms with Gasteiger partial charge in [-0.2, -0.15) is 0 Å². The highest BCUT2D eigenvalue weighted by Crippen LogP contribution is 2.41. The molecule has 3 rings (SSSR count). The van der Waals surface area contributed by atoms with E-state index in [0.29, 0.717) is 21.9 Å². The van der Waals surface area contributed by atoms with Crippen LogP contribution in [0, 0.1) is 0 Å². The third kappa shape index (κ3) is 2.14. The molecule has 4 nitrogen and oxygen atoms in total. The maximum absolute atomic E-state index is 11.9. The van der Waals surface area contributed by atoms with Crippen LogP contribution in [-0.4, -0.2) is 15.0 Å². The van der Waals surface area contributed by atoms with E-state index in [1.165, 1.54) is 0 Å². The van der Waals surface area contributed by atoms with Crippen molar-refractivity contribution in [1.29, 1.82) is 0 Å². The number of aromatic amines is 1. The van der Waals surface area contributed by atoms with Crippen molar-refractivity contribution >= 4 is 31.9 Å². The van der Waals surface area contributed by atoms with Crippen molar-refractivity contribution in [2.24, 2.45) is 0 Å². The van der Waals surface area contributed by atoms with E-state index in [1.54, 1.807) is 6.20 Å². The molecule has 1 saturated carbocycles. The minimum absolute atomic E-state index is 0.153. The first kappa shape index (κ1) is 12.0. The zero-order valence-electron chi connectivity index (χ0n) is 9.28. The summed E-state index contributed by atoms with van der Waals surface area (Å²) >= 11 is 6.72. The van der Waals surface area contributed by atoms with E-state index >= 15 is 0 Å². The molecule has 0 aromatic carbocycles. The third-order valence-electron chi connectivity index (χ3n) is 2.84. The van der Waals surface area contributed by atoms with Crippen LogP contribution in [0.4, 0.5) is 0 Å². The first-order valence-corrected chi connectivity index (χ1v) is 7.16. The lowest BCUT2D eigenvalue weighted by atomic mass is 10.2. The fourth-order valence-electron chi connectivity index (χ4n) is 1.78. The van der Waals surface area contributed by atoms with Crippen molar-refractivity contribution in [2.45, 2.75) is 18.8 Å². The van der Waals surface area contributed by atoms with Gasteiger partial charge in [0.25, 0.3) is 5.56 Å². The summed E-state index contributed by atoms with van der Waals surface area (Å²) in [7, 11) is 0. The number of H-pyrrole nitrogens is 1. The monoisotopic (exact) mass is 369 g/mol. The Morgan fingerprint density at radius 2 is 2.11 bits per heavy atom. The minimum atomic E-state index is -0.153. The van der Waals surface area contributed by atoms with E-state index in [0.717, 1.165) is 23.0 Å². The summed E-state index contributed by atoms with van der Waals surface area (Å²) in [5.74, 6) is 0.917. The highest BCUT2D eigenvalue weighted by atomic mass is 79.9. The van der Waals surface area contributed by atoms with Gasteiger partial charge in [-0.05, 0) is 56.8 Å². The zero-order valence-corrected chi connectivity index (χ0v) is 12.5. The molecule has 0 unspecified atom stereocenters. The van der Waals surface area contributed by atoms with Crippen LogP contribution in [0.25, 0.3) is 11.5 Å². The standard InChI is InChI=1S/C12H9Br2N3O/c13-7-2-1-5-15-10(7)11-16-9(6-3-4-6)8(14)12(18)17-11/h1-2,5-6H,3-4H2,(H,16,17,18). The van der Waals surface area contributed by atoms with E-state index in [9.17, 15) is 4.79 Å². The highest BCUT2D eigenvalue weighted by Gasteiger charge is 2.29. The fourth-order valence-corrected chi connectivity index (χ4v) is 2.73. The van der Waals surface area contributed by atoms with Gasteiger partial charge in [0.15, 0.2) is 5.82 Å². The average Bonchev–Trinajstić information content (AvgIpc) is 3.17. The van der Waals surface area contributed by atoms with Crippen LogP contribution in [0.15, 0.2) is 32.1 Å². The van der Waals surface area contributed by atoms with Crippen molar-refractivity contribution in [3.63, 3.8) is 0 Å². The van der Waals surface area contributed by atoms with Gasteiger partial charge in [-0.15, -0.1) is 0 Å². The van der Waals surface area contributed by atoms with E-state index in [-0.39, 0.29) is 5.56 Å². The van der Waals surface area contributed by atoms with Gasteiger partial charge in [-0.25, -0.2) is 4.98 Å². The lowest BCUT2D eigenvalue weighted by molar-refractivity contribution is 0.953. The van der Waals surface area contributed by atoms with Crippen LogP contribution in [0.3, 0.4) is 0 Å². The molecule has 92 valence electrons. The topological polar surface area (TPSA) is 58.6 Å². The van der Waals surface area contributed by atoms with Crippen molar-refractivity contribution in [2.75, 3.05) is 0 Å². The molecule has 0 atom stereocenters. The number of nitrogens with one attached hydrogen (secondary N) is 1. The summed E-state index contributed by atoms with van der Waals surface area (Å²) in [6, 6.07) is 3.70. The zero-order chi connectivity index (χ0) is 12.7. The lowest BCUT2D eigenvalue weighted by Gasteiger charge is -2.06. The van der Waals surface area contributed by atoms with Crippen molar-refractivity contribution in [3.8, 4) is 11.5 Å². The smallest absolute Gasteiger partial charge is 0.265 e. The van der Waals surface area contributed by atoms with Crippen molar-refractivity contribution < 1.29 is 0 Å². The van der Waals surface area contributed by atoms with Gasteiger partial charge >= 0.3 is 0 Å². The largest absolute Gasteiger partial charge is 0.304 e. The Kier molecular flexibility index (Phi) is 3.07. The third-order valence-corrected chi connectivity index (χ3v) is 4.24.